The van der Waals surface area contributed by atoms with Gasteiger partial charge in [0.25, 0.3) is 0 Å². The molecule has 3 aromatic carbocycles. The zero-order chi connectivity index (χ0) is 23.6. The van der Waals surface area contributed by atoms with E-state index in [4.69, 9.17) is 4.74 Å². The number of nitrogens with zero attached hydrogens (tertiary/aromatic N) is 1. The smallest absolute Gasteiger partial charge is 0.319 e. The predicted molar refractivity (Wildman–Crippen MR) is 128 cm³/mol. The van der Waals surface area contributed by atoms with Crippen LogP contribution in [0.25, 0.3) is 5.57 Å². The van der Waals surface area contributed by atoms with Gasteiger partial charge in [0.1, 0.15) is 5.75 Å². The monoisotopic (exact) mass is 449 g/mol. The van der Waals surface area contributed by atoms with E-state index < -0.39 is 23.7 Å². The molecule has 6 rings (SSSR count). The first kappa shape index (κ1) is 20.6. The van der Waals surface area contributed by atoms with Gasteiger partial charge in [-0.15, -0.1) is 0 Å². The Morgan fingerprint density at radius 2 is 1.44 bits per heavy atom. The molecule has 3 aromatic rings. The van der Waals surface area contributed by atoms with Crippen LogP contribution in [0.1, 0.15) is 28.2 Å². The van der Waals surface area contributed by atoms with Crippen molar-refractivity contribution in [2.75, 3.05) is 4.90 Å². The van der Waals surface area contributed by atoms with Crippen LogP contribution < -0.4 is 9.64 Å². The summed E-state index contributed by atoms with van der Waals surface area (Å²) in [6.45, 7) is 3.90. The number of imide groups is 1. The summed E-state index contributed by atoms with van der Waals surface area (Å²) >= 11 is 0. The molecule has 2 heterocycles. The molecule has 34 heavy (non-hydrogen) atoms. The number of anilines is 1. The van der Waals surface area contributed by atoms with Gasteiger partial charge in [0, 0.05) is 11.5 Å². The van der Waals surface area contributed by atoms with E-state index in [1.54, 1.807) is 12.1 Å². The van der Waals surface area contributed by atoms with Gasteiger partial charge < -0.3 is 4.74 Å². The van der Waals surface area contributed by atoms with Crippen LogP contribution in [0.2, 0.25) is 0 Å². The Labute approximate surface area is 197 Å². The Morgan fingerprint density at radius 1 is 0.765 bits per heavy atom. The molecule has 0 bridgehead atoms. The summed E-state index contributed by atoms with van der Waals surface area (Å²) in [4.78, 5) is 42.2. The first-order valence-electron chi connectivity index (χ1n) is 11.5. The number of ether oxygens (including phenoxy) is 1. The standard InChI is InChI=1S/C29H23NO4/c1-16-8-11-19(12-9-16)30-27(31)24-21(18-6-4-3-5-7-18)15-22-20-13-10-17(2)14-23(20)34-29(33)25(22)26(24)28(30)32/h3-15,21,24-26H,1-2H3/t21-,24+,25+,26-/m0/s1. The van der Waals surface area contributed by atoms with Gasteiger partial charge in [-0.1, -0.05) is 66.2 Å². The fourth-order valence-corrected chi connectivity index (χ4v) is 5.62. The van der Waals surface area contributed by atoms with Crippen molar-refractivity contribution in [3.63, 3.8) is 0 Å². The summed E-state index contributed by atoms with van der Waals surface area (Å²) in [5.41, 5.74) is 5.08. The zero-order valence-corrected chi connectivity index (χ0v) is 18.9. The number of allylic oxidation sites excluding steroid dienone is 1. The first-order valence-corrected chi connectivity index (χ1v) is 11.5. The van der Waals surface area contributed by atoms with E-state index in [2.05, 4.69) is 0 Å². The minimum atomic E-state index is -0.819. The third-order valence-corrected chi connectivity index (χ3v) is 7.23. The van der Waals surface area contributed by atoms with Gasteiger partial charge in [-0.3, -0.25) is 14.4 Å². The highest BCUT2D eigenvalue weighted by Gasteiger charge is 2.60. The molecule has 2 amide bonds. The van der Waals surface area contributed by atoms with Gasteiger partial charge in [0.2, 0.25) is 11.8 Å². The van der Waals surface area contributed by atoms with Crippen molar-refractivity contribution in [1.82, 2.24) is 0 Å². The van der Waals surface area contributed by atoms with Gasteiger partial charge in [-0.2, -0.15) is 0 Å². The lowest BCUT2D eigenvalue weighted by Crippen LogP contribution is -2.42. The minimum Gasteiger partial charge on any atom is -0.425 e. The van der Waals surface area contributed by atoms with Crippen LogP contribution in [-0.2, 0) is 14.4 Å². The van der Waals surface area contributed by atoms with Crippen molar-refractivity contribution in [2.24, 2.45) is 17.8 Å². The third kappa shape index (κ3) is 2.97. The van der Waals surface area contributed by atoms with Gasteiger partial charge in [0.05, 0.1) is 23.4 Å². The lowest BCUT2D eigenvalue weighted by atomic mass is 9.64. The maximum absolute atomic E-state index is 13.8. The average molecular weight is 450 g/mol. The Bertz CT molecular complexity index is 1370. The fraction of sp³-hybridized carbons (Fsp3) is 0.207. The van der Waals surface area contributed by atoms with Crippen LogP contribution in [0.5, 0.6) is 5.75 Å². The summed E-state index contributed by atoms with van der Waals surface area (Å²) in [5.74, 6) is -3.22. The SMILES string of the molecule is Cc1ccc(N2C(=O)[C@@H]3[C@@H]4C(=O)Oc5cc(C)ccc5C4=C[C@@H](c4ccccc4)[C@H]3C2=O)cc1. The second kappa shape index (κ2) is 7.52. The highest BCUT2D eigenvalue weighted by molar-refractivity contribution is 6.24. The highest BCUT2D eigenvalue weighted by atomic mass is 16.5. The normalized spacial score (nSPS) is 25.3. The highest BCUT2D eigenvalue weighted by Crippen LogP contribution is 2.54. The largest absolute Gasteiger partial charge is 0.425 e. The number of hydrogen-bond donors (Lipinski definition) is 0. The molecule has 0 aromatic heterocycles. The van der Waals surface area contributed by atoms with E-state index in [0.717, 1.165) is 27.8 Å². The molecule has 1 saturated heterocycles. The van der Waals surface area contributed by atoms with Crippen LogP contribution in [0.15, 0.2) is 78.9 Å². The number of carbonyl (C=O) groups excluding carboxylic acids is 3. The summed E-state index contributed by atoms with van der Waals surface area (Å²) in [5, 5.41) is 0. The molecule has 0 saturated carbocycles. The van der Waals surface area contributed by atoms with Crippen LogP contribution in [0.4, 0.5) is 5.69 Å². The second-order valence-electron chi connectivity index (χ2n) is 9.36. The Kier molecular flexibility index (Phi) is 4.56. The van der Waals surface area contributed by atoms with Gasteiger partial charge >= 0.3 is 5.97 Å². The molecule has 2 aliphatic heterocycles. The summed E-state index contributed by atoms with van der Waals surface area (Å²) in [6.07, 6.45) is 2.01. The van der Waals surface area contributed by atoms with E-state index in [1.807, 2.05) is 80.6 Å². The van der Waals surface area contributed by atoms with Crippen molar-refractivity contribution >= 4 is 29.0 Å². The number of benzene rings is 3. The fourth-order valence-electron chi connectivity index (χ4n) is 5.62. The quantitative estimate of drug-likeness (QED) is 0.320. The minimum absolute atomic E-state index is 0.273. The van der Waals surface area contributed by atoms with Crippen molar-refractivity contribution in [3.8, 4) is 5.75 Å². The molecule has 0 N–H and O–H groups in total. The van der Waals surface area contributed by atoms with Crippen molar-refractivity contribution in [3.05, 3.63) is 101 Å². The van der Waals surface area contributed by atoms with Crippen molar-refractivity contribution < 1.29 is 19.1 Å². The molecule has 168 valence electrons. The number of rotatable bonds is 2. The lowest BCUT2D eigenvalue weighted by Gasteiger charge is -2.38. The van der Waals surface area contributed by atoms with Gasteiger partial charge in [-0.25, -0.2) is 4.90 Å². The Hall–Kier alpha value is -3.99. The molecule has 3 aliphatic rings. The molecule has 5 heteroatoms. The first-order chi connectivity index (χ1) is 16.4. The molecule has 0 spiro atoms. The molecule has 1 fully saturated rings. The van der Waals surface area contributed by atoms with E-state index in [9.17, 15) is 14.4 Å². The number of amides is 2. The van der Waals surface area contributed by atoms with E-state index in [-0.39, 0.29) is 17.7 Å². The van der Waals surface area contributed by atoms with E-state index >= 15 is 0 Å². The number of esters is 1. The second-order valence-corrected chi connectivity index (χ2v) is 9.36. The maximum Gasteiger partial charge on any atom is 0.319 e. The van der Waals surface area contributed by atoms with Gasteiger partial charge in [-0.05, 0) is 48.7 Å². The maximum atomic E-state index is 13.8. The Balaban J connectivity index is 1.55. The van der Waals surface area contributed by atoms with Crippen molar-refractivity contribution in [2.45, 2.75) is 19.8 Å². The molecule has 5 nitrogen and oxygen atoms in total. The van der Waals surface area contributed by atoms with Crippen LogP contribution >= 0.6 is 0 Å². The van der Waals surface area contributed by atoms with E-state index in [1.165, 1.54) is 4.90 Å². The molecule has 1 aliphatic carbocycles. The molecule has 4 atom stereocenters. The lowest BCUT2D eigenvalue weighted by molar-refractivity contribution is -0.142. The topological polar surface area (TPSA) is 63.7 Å². The summed E-state index contributed by atoms with van der Waals surface area (Å²) in [7, 11) is 0. The summed E-state index contributed by atoms with van der Waals surface area (Å²) in [6, 6.07) is 22.8. The molecule has 0 unspecified atom stereocenters. The average Bonchev–Trinajstić information content (AvgIpc) is 3.10. The number of carbonyl (C=O) groups is 3. The number of aryl methyl sites for hydroxylation is 2. The van der Waals surface area contributed by atoms with Crippen LogP contribution in [0.3, 0.4) is 0 Å². The number of hydrogen-bond acceptors (Lipinski definition) is 4. The molecule has 0 radical (unpaired) electrons. The van der Waals surface area contributed by atoms with Crippen LogP contribution in [0, 0.1) is 31.6 Å². The zero-order valence-electron chi connectivity index (χ0n) is 18.9. The van der Waals surface area contributed by atoms with Crippen molar-refractivity contribution in [1.29, 1.82) is 0 Å². The van der Waals surface area contributed by atoms with Crippen LogP contribution in [-0.4, -0.2) is 17.8 Å². The predicted octanol–water partition coefficient (Wildman–Crippen LogP) is 4.83. The number of fused-ring (bicyclic) bond motifs is 5. The Morgan fingerprint density at radius 3 is 2.18 bits per heavy atom. The summed E-state index contributed by atoms with van der Waals surface area (Å²) < 4.78 is 5.71. The van der Waals surface area contributed by atoms with E-state index in [0.29, 0.717) is 11.4 Å². The third-order valence-electron chi connectivity index (χ3n) is 7.23. The molecular formula is C29H23NO4. The van der Waals surface area contributed by atoms with Gasteiger partial charge in [0.15, 0.2) is 0 Å². The molecular weight excluding hydrogens is 426 g/mol.